The second-order valence-electron chi connectivity index (χ2n) is 7.02. The number of hydrogen-bond acceptors (Lipinski definition) is 5. The van der Waals surface area contributed by atoms with Crippen LogP contribution in [-0.4, -0.2) is 16.7 Å². The molecule has 0 bridgehead atoms. The minimum Gasteiger partial charge on any atom is -0.457 e. The van der Waals surface area contributed by atoms with Crippen molar-refractivity contribution < 1.29 is 14.3 Å². The van der Waals surface area contributed by atoms with E-state index >= 15 is 0 Å². The Hall–Kier alpha value is -3.54. The number of rotatable bonds is 5. The first kappa shape index (κ1) is 19.2. The summed E-state index contributed by atoms with van der Waals surface area (Å²) in [5, 5.41) is 5.86. The van der Waals surface area contributed by atoms with E-state index in [1.54, 1.807) is 24.4 Å². The molecule has 0 unspecified atom stereocenters. The predicted molar refractivity (Wildman–Crippen MR) is 109 cm³/mol. The maximum Gasteiger partial charge on any atom is 0.412 e. The lowest BCUT2D eigenvalue weighted by Crippen LogP contribution is -2.27. The monoisotopic (exact) mass is 376 g/mol. The first-order valence-corrected chi connectivity index (χ1v) is 8.86. The van der Waals surface area contributed by atoms with Crippen molar-refractivity contribution in [1.29, 1.82) is 0 Å². The van der Waals surface area contributed by atoms with Crippen LogP contribution >= 0.6 is 0 Å². The number of amides is 1. The molecular formula is C22H22N3O3. The Balaban J connectivity index is 1.61. The van der Waals surface area contributed by atoms with Crippen LogP contribution in [0, 0.1) is 6.07 Å². The highest BCUT2D eigenvalue weighted by Crippen LogP contribution is 2.26. The zero-order valence-electron chi connectivity index (χ0n) is 16.0. The van der Waals surface area contributed by atoms with E-state index in [9.17, 15) is 4.79 Å². The molecule has 1 radical (unpaired) electrons. The molecule has 6 nitrogen and oxygen atoms in total. The predicted octanol–water partition coefficient (Wildman–Crippen LogP) is 5.76. The number of nitrogens with one attached hydrogen (secondary N) is 2. The Bertz CT molecular complexity index is 920. The lowest BCUT2D eigenvalue weighted by atomic mass is 10.2. The third-order valence-corrected chi connectivity index (χ3v) is 3.42. The van der Waals surface area contributed by atoms with Gasteiger partial charge in [0.15, 0.2) is 0 Å². The summed E-state index contributed by atoms with van der Waals surface area (Å²) in [5.41, 5.74) is 0.805. The average molecular weight is 376 g/mol. The van der Waals surface area contributed by atoms with E-state index in [2.05, 4.69) is 21.7 Å². The zero-order chi connectivity index (χ0) is 20.0. The number of nitrogens with zero attached hydrogens (tertiary/aromatic N) is 1. The molecule has 2 aromatic carbocycles. The first-order valence-electron chi connectivity index (χ1n) is 8.86. The summed E-state index contributed by atoms with van der Waals surface area (Å²) in [7, 11) is 0. The molecule has 0 saturated heterocycles. The first-order chi connectivity index (χ1) is 13.4. The number of carbonyl (C=O) groups is 1. The van der Waals surface area contributed by atoms with E-state index < -0.39 is 11.7 Å². The number of carbonyl (C=O) groups excluding carboxylic acids is 1. The van der Waals surface area contributed by atoms with Crippen LogP contribution in [0.2, 0.25) is 0 Å². The van der Waals surface area contributed by atoms with Crippen LogP contribution in [0.25, 0.3) is 0 Å². The van der Waals surface area contributed by atoms with E-state index in [-0.39, 0.29) is 0 Å². The Morgan fingerprint density at radius 1 is 1.00 bits per heavy atom. The van der Waals surface area contributed by atoms with Gasteiger partial charge in [0.1, 0.15) is 22.9 Å². The summed E-state index contributed by atoms with van der Waals surface area (Å²) in [5.74, 6) is 1.90. The standard InChI is InChI=1S/C22H22N3O3/c1-22(2,3)28-21(26)25-17-7-6-8-19(15-17)27-18-12-10-16(11-13-18)24-20-9-4-5-14-23-20/h4-14H,1-3H3,(H,23,24)(H,25,26). The molecule has 1 aromatic heterocycles. The lowest BCUT2D eigenvalue weighted by molar-refractivity contribution is 0.0636. The Kier molecular flexibility index (Phi) is 5.79. The van der Waals surface area contributed by atoms with Crippen LogP contribution in [0.15, 0.2) is 66.9 Å². The van der Waals surface area contributed by atoms with Gasteiger partial charge in [0.25, 0.3) is 0 Å². The Morgan fingerprint density at radius 2 is 1.79 bits per heavy atom. The van der Waals surface area contributed by atoms with Crippen molar-refractivity contribution in [1.82, 2.24) is 4.98 Å². The van der Waals surface area contributed by atoms with Crippen molar-refractivity contribution in [3.8, 4) is 11.5 Å². The topological polar surface area (TPSA) is 72.5 Å². The molecule has 2 N–H and O–H groups in total. The average Bonchev–Trinajstić information content (AvgIpc) is 2.63. The Labute approximate surface area is 164 Å². The number of anilines is 3. The second kappa shape index (κ2) is 8.43. The van der Waals surface area contributed by atoms with Gasteiger partial charge in [0.05, 0.1) is 11.8 Å². The van der Waals surface area contributed by atoms with E-state index in [0.29, 0.717) is 17.2 Å². The lowest BCUT2D eigenvalue weighted by Gasteiger charge is -2.19. The van der Waals surface area contributed by atoms with Gasteiger partial charge >= 0.3 is 6.09 Å². The van der Waals surface area contributed by atoms with Gasteiger partial charge in [-0.2, -0.15) is 0 Å². The SMILES string of the molecule is CC(C)(C)OC(=O)Nc1[c]c(Oc2ccc(Nc3ccccn3)cc2)ccc1. The summed E-state index contributed by atoms with van der Waals surface area (Å²) < 4.78 is 11.1. The maximum atomic E-state index is 11.9. The molecule has 0 fully saturated rings. The normalized spacial score (nSPS) is 10.8. The van der Waals surface area contributed by atoms with Crippen molar-refractivity contribution in [3.05, 3.63) is 72.9 Å². The molecule has 6 heteroatoms. The van der Waals surface area contributed by atoms with Gasteiger partial charge in [-0.05, 0) is 69.3 Å². The van der Waals surface area contributed by atoms with Gasteiger partial charge in [-0.1, -0.05) is 12.1 Å². The fraction of sp³-hybridized carbons (Fsp3) is 0.182. The summed E-state index contributed by atoms with van der Waals surface area (Å²) in [4.78, 5) is 16.1. The molecule has 0 aliphatic rings. The van der Waals surface area contributed by atoms with Gasteiger partial charge in [-0.15, -0.1) is 0 Å². The minimum absolute atomic E-state index is 0.472. The van der Waals surface area contributed by atoms with Crippen molar-refractivity contribution in [2.24, 2.45) is 0 Å². The molecule has 143 valence electrons. The molecule has 0 aliphatic heterocycles. The molecule has 1 amide bonds. The van der Waals surface area contributed by atoms with Crippen molar-refractivity contribution in [3.63, 3.8) is 0 Å². The molecule has 3 aromatic rings. The minimum atomic E-state index is -0.566. The summed E-state index contributed by atoms with van der Waals surface area (Å²) in [6.45, 7) is 5.42. The van der Waals surface area contributed by atoms with E-state index in [1.165, 1.54) is 0 Å². The molecular weight excluding hydrogens is 354 g/mol. The Morgan fingerprint density at radius 3 is 2.46 bits per heavy atom. The van der Waals surface area contributed by atoms with Crippen LogP contribution in [-0.2, 0) is 4.74 Å². The zero-order valence-corrected chi connectivity index (χ0v) is 16.0. The number of ether oxygens (including phenoxy) is 2. The van der Waals surface area contributed by atoms with Gasteiger partial charge in [0, 0.05) is 11.9 Å². The van der Waals surface area contributed by atoms with Crippen LogP contribution < -0.4 is 15.4 Å². The van der Waals surface area contributed by atoms with Crippen LogP contribution in [0.5, 0.6) is 11.5 Å². The molecule has 0 aliphatic carbocycles. The summed E-state index contributed by atoms with van der Waals surface area (Å²) in [6.07, 6.45) is 1.19. The third-order valence-electron chi connectivity index (χ3n) is 3.42. The molecule has 0 spiro atoms. The molecule has 3 rings (SSSR count). The number of benzene rings is 2. The number of hydrogen-bond donors (Lipinski definition) is 2. The fourth-order valence-corrected chi connectivity index (χ4v) is 2.31. The highest BCUT2D eigenvalue weighted by Gasteiger charge is 2.16. The van der Waals surface area contributed by atoms with Crippen LogP contribution in [0.1, 0.15) is 20.8 Å². The van der Waals surface area contributed by atoms with Gasteiger partial charge in [-0.3, -0.25) is 5.32 Å². The van der Waals surface area contributed by atoms with E-state index in [1.807, 2.05) is 63.2 Å². The quantitative estimate of drug-likeness (QED) is 0.592. The van der Waals surface area contributed by atoms with Crippen LogP contribution in [0.3, 0.4) is 0 Å². The fourth-order valence-electron chi connectivity index (χ4n) is 2.31. The van der Waals surface area contributed by atoms with Crippen molar-refractivity contribution in [2.45, 2.75) is 26.4 Å². The molecule has 1 heterocycles. The summed E-state index contributed by atoms with van der Waals surface area (Å²) >= 11 is 0. The number of pyridine rings is 1. The maximum absolute atomic E-state index is 11.9. The highest BCUT2D eigenvalue weighted by molar-refractivity contribution is 5.84. The smallest absolute Gasteiger partial charge is 0.412 e. The van der Waals surface area contributed by atoms with Gasteiger partial charge in [-0.25, -0.2) is 9.78 Å². The van der Waals surface area contributed by atoms with Crippen LogP contribution in [0.4, 0.5) is 22.0 Å². The van der Waals surface area contributed by atoms with Gasteiger partial charge < -0.3 is 14.8 Å². The van der Waals surface area contributed by atoms with Gasteiger partial charge in [0.2, 0.25) is 0 Å². The van der Waals surface area contributed by atoms with E-state index in [0.717, 1.165) is 11.5 Å². The van der Waals surface area contributed by atoms with Crippen molar-refractivity contribution in [2.75, 3.05) is 10.6 Å². The van der Waals surface area contributed by atoms with Crippen molar-refractivity contribution >= 4 is 23.3 Å². The number of aromatic nitrogens is 1. The largest absolute Gasteiger partial charge is 0.457 e. The molecule has 0 saturated carbocycles. The third kappa shape index (κ3) is 6.02. The van der Waals surface area contributed by atoms with E-state index in [4.69, 9.17) is 9.47 Å². The summed E-state index contributed by atoms with van der Waals surface area (Å²) in [6, 6.07) is 21.4. The second-order valence-corrected chi connectivity index (χ2v) is 7.02. The molecule has 0 atom stereocenters. The molecule has 28 heavy (non-hydrogen) atoms. The highest BCUT2D eigenvalue weighted by atomic mass is 16.6.